The third kappa shape index (κ3) is 2.67. The number of ether oxygens (including phenoxy) is 2. The Kier molecular flexibility index (Phi) is 4.06. The third-order valence-electron chi connectivity index (χ3n) is 2.17. The lowest BCUT2D eigenvalue weighted by molar-refractivity contribution is -0.291. The summed E-state index contributed by atoms with van der Waals surface area (Å²) in [6, 6.07) is 0. The van der Waals surface area contributed by atoms with E-state index in [0.29, 0.717) is 5.76 Å². The zero-order valence-electron chi connectivity index (χ0n) is 8.41. The molecule has 1 rings (SSSR count). The lowest BCUT2D eigenvalue weighted by Gasteiger charge is -2.39. The van der Waals surface area contributed by atoms with Crippen molar-refractivity contribution in [3.63, 3.8) is 0 Å². The molecular formula is C9H16O6. The number of aliphatic hydroxyl groups is 4. The molecule has 0 aromatic heterocycles. The number of rotatable bonds is 3. The summed E-state index contributed by atoms with van der Waals surface area (Å²) < 4.78 is 10.1. The van der Waals surface area contributed by atoms with Crippen LogP contribution in [0.15, 0.2) is 12.3 Å². The highest BCUT2D eigenvalue weighted by Gasteiger charge is 2.44. The molecule has 1 aliphatic rings. The van der Waals surface area contributed by atoms with Gasteiger partial charge < -0.3 is 29.9 Å². The lowest BCUT2D eigenvalue weighted by atomic mass is 9.99. The monoisotopic (exact) mass is 220 g/mol. The molecule has 0 amide bonds. The summed E-state index contributed by atoms with van der Waals surface area (Å²) in [5.74, 6) is 0.305. The average molecular weight is 220 g/mol. The van der Waals surface area contributed by atoms with Crippen LogP contribution in [0.2, 0.25) is 0 Å². The summed E-state index contributed by atoms with van der Waals surface area (Å²) in [5, 5.41) is 37.2. The van der Waals surface area contributed by atoms with Gasteiger partial charge in [-0.3, -0.25) is 0 Å². The van der Waals surface area contributed by atoms with Crippen LogP contribution in [-0.4, -0.2) is 57.7 Å². The topological polar surface area (TPSA) is 99.4 Å². The van der Waals surface area contributed by atoms with Gasteiger partial charge >= 0.3 is 0 Å². The Morgan fingerprint density at radius 2 is 1.87 bits per heavy atom. The van der Waals surface area contributed by atoms with Crippen molar-refractivity contribution in [3.8, 4) is 0 Å². The van der Waals surface area contributed by atoms with Crippen LogP contribution < -0.4 is 0 Å². The zero-order valence-corrected chi connectivity index (χ0v) is 8.41. The summed E-state index contributed by atoms with van der Waals surface area (Å²) in [7, 11) is 0. The minimum absolute atomic E-state index is 0.305. The lowest BCUT2D eigenvalue weighted by Crippen LogP contribution is -2.59. The minimum Gasteiger partial charge on any atom is -0.467 e. The molecule has 15 heavy (non-hydrogen) atoms. The van der Waals surface area contributed by atoms with E-state index >= 15 is 0 Å². The fourth-order valence-corrected chi connectivity index (χ4v) is 1.36. The number of aliphatic hydroxyl groups excluding tert-OH is 4. The van der Waals surface area contributed by atoms with Crippen molar-refractivity contribution >= 4 is 0 Å². The Morgan fingerprint density at radius 1 is 1.27 bits per heavy atom. The van der Waals surface area contributed by atoms with Gasteiger partial charge in [0.15, 0.2) is 0 Å². The van der Waals surface area contributed by atoms with Crippen LogP contribution in [0.3, 0.4) is 0 Å². The molecule has 5 atom stereocenters. The molecule has 6 heteroatoms. The predicted molar refractivity (Wildman–Crippen MR) is 49.7 cm³/mol. The Balaban J connectivity index is 2.69. The van der Waals surface area contributed by atoms with Gasteiger partial charge in [0.2, 0.25) is 6.29 Å². The fraction of sp³-hybridized carbons (Fsp3) is 0.778. The SMILES string of the molecule is C=C(C)OC1O[C@H](CO)[C@@H](O)[C@H](O)[C@H]1O. The van der Waals surface area contributed by atoms with Crippen molar-refractivity contribution in [2.75, 3.05) is 6.61 Å². The maximum Gasteiger partial charge on any atom is 0.228 e. The van der Waals surface area contributed by atoms with Gasteiger partial charge in [-0.25, -0.2) is 0 Å². The molecule has 4 N–H and O–H groups in total. The van der Waals surface area contributed by atoms with Crippen molar-refractivity contribution in [1.82, 2.24) is 0 Å². The van der Waals surface area contributed by atoms with E-state index in [1.165, 1.54) is 0 Å². The Labute approximate surface area is 87.4 Å². The van der Waals surface area contributed by atoms with Crippen LogP contribution in [0.25, 0.3) is 0 Å². The van der Waals surface area contributed by atoms with Crippen molar-refractivity contribution in [1.29, 1.82) is 0 Å². The third-order valence-corrected chi connectivity index (χ3v) is 2.17. The van der Waals surface area contributed by atoms with E-state index in [4.69, 9.17) is 14.6 Å². The van der Waals surface area contributed by atoms with E-state index in [1.807, 2.05) is 0 Å². The molecule has 1 aliphatic heterocycles. The predicted octanol–water partition coefficient (Wildman–Crippen LogP) is -1.66. The van der Waals surface area contributed by atoms with Gasteiger partial charge in [0, 0.05) is 0 Å². The van der Waals surface area contributed by atoms with Crippen LogP contribution in [0.5, 0.6) is 0 Å². The molecular weight excluding hydrogens is 204 g/mol. The van der Waals surface area contributed by atoms with E-state index in [-0.39, 0.29) is 0 Å². The number of hydrogen-bond donors (Lipinski definition) is 4. The van der Waals surface area contributed by atoms with E-state index in [1.54, 1.807) is 6.92 Å². The Morgan fingerprint density at radius 3 is 2.33 bits per heavy atom. The summed E-state index contributed by atoms with van der Waals surface area (Å²) in [5.41, 5.74) is 0. The van der Waals surface area contributed by atoms with Crippen LogP contribution in [0.4, 0.5) is 0 Å². The molecule has 1 heterocycles. The molecule has 88 valence electrons. The van der Waals surface area contributed by atoms with Gasteiger partial charge in [0.1, 0.15) is 24.4 Å². The molecule has 1 fully saturated rings. The zero-order chi connectivity index (χ0) is 11.6. The average Bonchev–Trinajstić information content (AvgIpc) is 2.18. The molecule has 0 saturated carbocycles. The van der Waals surface area contributed by atoms with Gasteiger partial charge in [-0.2, -0.15) is 0 Å². The van der Waals surface area contributed by atoms with E-state index in [0.717, 1.165) is 0 Å². The van der Waals surface area contributed by atoms with Crippen LogP contribution in [0, 0.1) is 0 Å². The highest BCUT2D eigenvalue weighted by atomic mass is 16.7. The maximum absolute atomic E-state index is 9.49. The molecule has 0 aromatic carbocycles. The molecule has 6 nitrogen and oxygen atoms in total. The van der Waals surface area contributed by atoms with Crippen molar-refractivity contribution in [2.45, 2.75) is 37.6 Å². The fourth-order valence-electron chi connectivity index (χ4n) is 1.36. The number of hydrogen-bond acceptors (Lipinski definition) is 6. The second kappa shape index (κ2) is 4.91. The summed E-state index contributed by atoms with van der Waals surface area (Å²) >= 11 is 0. The quantitative estimate of drug-likeness (QED) is 0.425. The van der Waals surface area contributed by atoms with E-state index in [2.05, 4.69) is 6.58 Å². The van der Waals surface area contributed by atoms with E-state index < -0.39 is 37.3 Å². The first-order chi connectivity index (χ1) is 6.97. The second-order valence-corrected chi connectivity index (χ2v) is 3.52. The van der Waals surface area contributed by atoms with Gasteiger partial charge in [-0.15, -0.1) is 0 Å². The van der Waals surface area contributed by atoms with E-state index in [9.17, 15) is 15.3 Å². The second-order valence-electron chi connectivity index (χ2n) is 3.52. The van der Waals surface area contributed by atoms with Crippen molar-refractivity contribution in [3.05, 3.63) is 12.3 Å². The van der Waals surface area contributed by atoms with Crippen LogP contribution in [-0.2, 0) is 9.47 Å². The molecule has 1 saturated heterocycles. The van der Waals surface area contributed by atoms with Gasteiger partial charge in [0.05, 0.1) is 12.4 Å². The largest absolute Gasteiger partial charge is 0.467 e. The number of allylic oxidation sites excluding steroid dienone is 1. The minimum atomic E-state index is -1.42. The van der Waals surface area contributed by atoms with Crippen LogP contribution in [0.1, 0.15) is 6.92 Å². The highest BCUT2D eigenvalue weighted by molar-refractivity contribution is 4.90. The van der Waals surface area contributed by atoms with Gasteiger partial charge in [0.25, 0.3) is 0 Å². The summed E-state index contributed by atoms with van der Waals surface area (Å²) in [6.07, 6.45) is -6.24. The molecule has 0 aliphatic carbocycles. The summed E-state index contributed by atoms with van der Waals surface area (Å²) in [6.45, 7) is 4.54. The normalized spacial score (nSPS) is 41.3. The van der Waals surface area contributed by atoms with Crippen LogP contribution >= 0.6 is 0 Å². The highest BCUT2D eigenvalue weighted by Crippen LogP contribution is 2.22. The molecule has 0 bridgehead atoms. The van der Waals surface area contributed by atoms with Crippen molar-refractivity contribution in [2.24, 2.45) is 0 Å². The Bertz CT molecular complexity index is 229. The standard InChI is InChI=1S/C9H16O6/c1-4(2)14-9-8(13)7(12)6(11)5(3-10)15-9/h5-13H,1,3H2,2H3/t5-,6-,7+,8-,9?/m1/s1. The Hall–Kier alpha value is -0.660. The maximum atomic E-state index is 9.49. The smallest absolute Gasteiger partial charge is 0.228 e. The van der Waals surface area contributed by atoms with Gasteiger partial charge in [-0.1, -0.05) is 6.58 Å². The molecule has 0 aromatic rings. The first-order valence-electron chi connectivity index (χ1n) is 4.60. The molecule has 0 spiro atoms. The first kappa shape index (κ1) is 12.4. The first-order valence-corrected chi connectivity index (χ1v) is 4.60. The van der Waals surface area contributed by atoms with Gasteiger partial charge in [-0.05, 0) is 6.92 Å². The summed E-state index contributed by atoms with van der Waals surface area (Å²) in [4.78, 5) is 0. The van der Waals surface area contributed by atoms with Crippen molar-refractivity contribution < 1.29 is 29.9 Å². The molecule has 1 unspecified atom stereocenters. The molecule has 0 radical (unpaired) electrons.